The minimum Gasteiger partial charge on any atom is -0.388 e. The topological polar surface area (TPSA) is 47.9 Å². The van der Waals surface area contributed by atoms with E-state index in [1.807, 2.05) is 0 Å². The fourth-order valence-corrected chi connectivity index (χ4v) is 1.77. The highest BCUT2D eigenvalue weighted by Crippen LogP contribution is 2.42. The van der Waals surface area contributed by atoms with Gasteiger partial charge in [-0.2, -0.15) is 4.89 Å². The first-order valence-corrected chi connectivity index (χ1v) is 4.69. The van der Waals surface area contributed by atoms with E-state index in [1.165, 1.54) is 0 Å². The van der Waals surface area contributed by atoms with Gasteiger partial charge in [0.25, 0.3) is 0 Å². The SMILES string of the molecule is CC(O)C12CCC(C)(COO1)CO2. The maximum Gasteiger partial charge on any atom is 0.227 e. The zero-order valence-electron chi connectivity index (χ0n) is 8.08. The standard InChI is InChI=1S/C9H16O4/c1-7(10)9-4-3-8(2,5-11-9)6-12-13-9/h7,10H,3-6H2,1-2H3. The summed E-state index contributed by atoms with van der Waals surface area (Å²) in [5.74, 6) is -0.921. The van der Waals surface area contributed by atoms with Gasteiger partial charge in [-0.05, 0) is 13.3 Å². The van der Waals surface area contributed by atoms with E-state index in [4.69, 9.17) is 14.5 Å². The van der Waals surface area contributed by atoms with E-state index in [1.54, 1.807) is 6.92 Å². The number of hydrogen-bond acceptors (Lipinski definition) is 4. The Labute approximate surface area is 77.7 Å². The Kier molecular flexibility index (Phi) is 2.11. The van der Waals surface area contributed by atoms with Crippen LogP contribution in [-0.2, 0) is 14.5 Å². The van der Waals surface area contributed by atoms with Crippen LogP contribution in [0.25, 0.3) is 0 Å². The number of aliphatic hydroxyl groups is 1. The molecule has 3 saturated heterocycles. The number of fused-ring (bicyclic) bond motifs is 4. The first-order chi connectivity index (χ1) is 6.06. The van der Waals surface area contributed by atoms with Crippen molar-refractivity contribution in [1.82, 2.24) is 0 Å². The normalized spacial score (nSPS) is 47.3. The summed E-state index contributed by atoms with van der Waals surface area (Å²) in [7, 11) is 0. The molecule has 2 bridgehead atoms. The lowest BCUT2D eigenvalue weighted by Gasteiger charge is -2.39. The van der Waals surface area contributed by atoms with Crippen LogP contribution in [0.5, 0.6) is 0 Å². The predicted molar refractivity (Wildman–Crippen MR) is 44.7 cm³/mol. The zero-order chi connectivity index (χ0) is 9.53. The van der Waals surface area contributed by atoms with Crippen LogP contribution in [0.15, 0.2) is 0 Å². The van der Waals surface area contributed by atoms with Gasteiger partial charge in [0.05, 0.1) is 13.2 Å². The summed E-state index contributed by atoms with van der Waals surface area (Å²) in [4.78, 5) is 10.2. The quantitative estimate of drug-likeness (QED) is 0.619. The Hall–Kier alpha value is -0.160. The number of rotatable bonds is 1. The van der Waals surface area contributed by atoms with Gasteiger partial charge >= 0.3 is 0 Å². The molecule has 0 aliphatic carbocycles. The molecule has 3 heterocycles. The fraction of sp³-hybridized carbons (Fsp3) is 1.00. The van der Waals surface area contributed by atoms with Gasteiger partial charge in [-0.25, -0.2) is 4.89 Å². The summed E-state index contributed by atoms with van der Waals surface area (Å²) < 4.78 is 5.56. The van der Waals surface area contributed by atoms with Gasteiger partial charge in [0.1, 0.15) is 6.10 Å². The van der Waals surface area contributed by atoms with Crippen molar-refractivity contribution in [2.75, 3.05) is 13.2 Å². The Bertz CT molecular complexity index is 194. The molecule has 4 heteroatoms. The van der Waals surface area contributed by atoms with Crippen molar-refractivity contribution in [3.05, 3.63) is 0 Å². The van der Waals surface area contributed by atoms with Gasteiger partial charge in [-0.3, -0.25) is 0 Å². The van der Waals surface area contributed by atoms with E-state index < -0.39 is 11.9 Å². The number of ether oxygens (including phenoxy) is 1. The smallest absolute Gasteiger partial charge is 0.227 e. The molecule has 13 heavy (non-hydrogen) atoms. The fourth-order valence-electron chi connectivity index (χ4n) is 1.77. The summed E-state index contributed by atoms with van der Waals surface area (Å²) >= 11 is 0. The number of aliphatic hydroxyl groups excluding tert-OH is 1. The van der Waals surface area contributed by atoms with Gasteiger partial charge in [0.15, 0.2) is 0 Å². The van der Waals surface area contributed by atoms with Crippen LogP contribution in [-0.4, -0.2) is 30.2 Å². The van der Waals surface area contributed by atoms with Crippen molar-refractivity contribution in [2.45, 2.75) is 38.6 Å². The second-order valence-electron chi connectivity index (χ2n) is 4.43. The second-order valence-corrected chi connectivity index (χ2v) is 4.43. The summed E-state index contributed by atoms with van der Waals surface area (Å²) in [6.45, 7) is 4.91. The highest BCUT2D eigenvalue weighted by atomic mass is 17.2. The van der Waals surface area contributed by atoms with Crippen LogP contribution >= 0.6 is 0 Å². The monoisotopic (exact) mass is 188 g/mol. The summed E-state index contributed by atoms with van der Waals surface area (Å²) in [5, 5.41) is 9.53. The lowest BCUT2D eigenvalue weighted by molar-refractivity contribution is -0.432. The van der Waals surface area contributed by atoms with Gasteiger partial charge in [-0.15, -0.1) is 0 Å². The summed E-state index contributed by atoms with van der Waals surface area (Å²) in [6, 6.07) is 0. The molecule has 0 spiro atoms. The van der Waals surface area contributed by atoms with Gasteiger partial charge in [0, 0.05) is 11.8 Å². The highest BCUT2D eigenvalue weighted by molar-refractivity contribution is 4.88. The van der Waals surface area contributed by atoms with E-state index >= 15 is 0 Å². The molecule has 3 fully saturated rings. The molecular formula is C9H16O4. The molecule has 0 aromatic heterocycles. The van der Waals surface area contributed by atoms with Crippen molar-refractivity contribution in [3.63, 3.8) is 0 Å². The maximum atomic E-state index is 9.53. The van der Waals surface area contributed by atoms with Crippen LogP contribution in [0, 0.1) is 5.41 Å². The molecule has 0 radical (unpaired) electrons. The van der Waals surface area contributed by atoms with Crippen molar-refractivity contribution in [1.29, 1.82) is 0 Å². The molecule has 0 saturated carbocycles. The summed E-state index contributed by atoms with van der Waals surface area (Å²) in [6.07, 6.45) is 1.01. The van der Waals surface area contributed by atoms with Crippen molar-refractivity contribution >= 4 is 0 Å². The van der Waals surface area contributed by atoms with Crippen molar-refractivity contribution < 1.29 is 19.6 Å². The zero-order valence-corrected chi connectivity index (χ0v) is 8.08. The molecule has 1 N–H and O–H groups in total. The average molecular weight is 188 g/mol. The Morgan fingerprint density at radius 2 is 2.08 bits per heavy atom. The minimum atomic E-state index is -0.921. The molecule has 0 amide bonds. The molecule has 3 rings (SSSR count). The second kappa shape index (κ2) is 2.92. The molecule has 76 valence electrons. The molecule has 3 atom stereocenters. The predicted octanol–water partition coefficient (Wildman–Crippen LogP) is 0.842. The minimum absolute atomic E-state index is 0.0505. The van der Waals surface area contributed by atoms with Crippen molar-refractivity contribution in [3.8, 4) is 0 Å². The number of hydrogen-bond donors (Lipinski definition) is 1. The molecular weight excluding hydrogens is 172 g/mol. The Balaban J connectivity index is 2.18. The van der Waals surface area contributed by atoms with Crippen LogP contribution in [0.4, 0.5) is 0 Å². The van der Waals surface area contributed by atoms with Crippen LogP contribution in [0.3, 0.4) is 0 Å². The van der Waals surface area contributed by atoms with Gasteiger partial charge < -0.3 is 9.84 Å². The summed E-state index contributed by atoms with van der Waals surface area (Å²) in [5.41, 5.74) is 0.0505. The molecule has 0 aromatic carbocycles. The third-order valence-corrected chi connectivity index (χ3v) is 2.99. The first-order valence-electron chi connectivity index (χ1n) is 4.69. The maximum absolute atomic E-state index is 9.53. The molecule has 3 unspecified atom stereocenters. The Morgan fingerprint density at radius 1 is 1.31 bits per heavy atom. The van der Waals surface area contributed by atoms with Gasteiger partial charge in [-0.1, -0.05) is 6.92 Å². The van der Waals surface area contributed by atoms with Gasteiger partial charge in [0.2, 0.25) is 5.79 Å². The van der Waals surface area contributed by atoms with E-state index in [2.05, 4.69) is 6.92 Å². The van der Waals surface area contributed by atoms with E-state index in [0.717, 1.165) is 6.42 Å². The van der Waals surface area contributed by atoms with E-state index in [9.17, 15) is 5.11 Å². The third kappa shape index (κ3) is 1.48. The van der Waals surface area contributed by atoms with Crippen LogP contribution in [0.2, 0.25) is 0 Å². The third-order valence-electron chi connectivity index (χ3n) is 2.99. The highest BCUT2D eigenvalue weighted by Gasteiger charge is 2.50. The van der Waals surface area contributed by atoms with E-state index in [-0.39, 0.29) is 5.41 Å². The Morgan fingerprint density at radius 3 is 2.62 bits per heavy atom. The van der Waals surface area contributed by atoms with Crippen molar-refractivity contribution in [2.24, 2.45) is 5.41 Å². The largest absolute Gasteiger partial charge is 0.388 e. The molecule has 3 aliphatic heterocycles. The molecule has 3 aliphatic rings. The lowest BCUT2D eigenvalue weighted by atomic mass is 9.82. The van der Waals surface area contributed by atoms with E-state index in [0.29, 0.717) is 19.6 Å². The average Bonchev–Trinajstić information content (AvgIpc) is 2.34. The first kappa shape index (κ1) is 9.40. The van der Waals surface area contributed by atoms with Crippen LogP contribution < -0.4 is 0 Å². The lowest BCUT2D eigenvalue weighted by Crippen LogP contribution is -2.49. The van der Waals surface area contributed by atoms with Crippen LogP contribution in [0.1, 0.15) is 26.7 Å². The molecule has 4 nitrogen and oxygen atoms in total. The molecule has 0 aromatic rings.